The fraction of sp³-hybridized carbons (Fsp3) is 0.292. The maximum Gasteiger partial charge on any atom is 0.271 e. The Morgan fingerprint density at radius 2 is 1.78 bits per heavy atom. The van der Waals surface area contributed by atoms with E-state index in [1.165, 1.54) is 0 Å². The van der Waals surface area contributed by atoms with Crippen molar-refractivity contribution in [3.05, 3.63) is 65.0 Å². The number of likely N-dealkylation sites (N-methyl/N-ethyl adjacent to an activating group) is 1. The van der Waals surface area contributed by atoms with E-state index in [0.717, 1.165) is 11.3 Å². The van der Waals surface area contributed by atoms with Gasteiger partial charge in [-0.25, -0.2) is 4.98 Å². The number of benzene rings is 1. The Hall–Kier alpha value is -3.81. The molecule has 0 saturated carbocycles. The lowest BCUT2D eigenvalue weighted by atomic mass is 9.90. The molecule has 32 heavy (non-hydrogen) atoms. The summed E-state index contributed by atoms with van der Waals surface area (Å²) in [5.74, 6) is 0.869. The molecule has 0 aliphatic carbocycles. The van der Waals surface area contributed by atoms with Gasteiger partial charge in [0, 0.05) is 24.2 Å². The number of hydrogen-bond acceptors (Lipinski definition) is 6. The quantitative estimate of drug-likeness (QED) is 0.315. The summed E-state index contributed by atoms with van der Waals surface area (Å²) in [7, 11) is 4.79. The van der Waals surface area contributed by atoms with Gasteiger partial charge in [-0.05, 0) is 29.8 Å². The number of ether oxygens (including phenoxy) is 2. The molecule has 1 amide bonds. The largest absolute Gasteiger partial charge is 0.497 e. The minimum Gasteiger partial charge on any atom is -0.497 e. The summed E-state index contributed by atoms with van der Waals surface area (Å²) in [5, 5.41) is 5.46. The standard InChI is InChI=1S/C24H30N4O4/c1-24(2,3)22-21(26-15-27-22)12-17(14-29)28-23(30)20(25-4)9-7-8-16-10-18(31-5)13-19(11-16)32-6/h7-15,25H,1-6H3,(H,26,27)(H,28,30)/b8-7+,17-12-,20-9-. The maximum absolute atomic E-state index is 12.7. The van der Waals surface area contributed by atoms with Crippen LogP contribution >= 0.6 is 0 Å². The van der Waals surface area contributed by atoms with Crippen molar-refractivity contribution in [3.63, 3.8) is 0 Å². The van der Waals surface area contributed by atoms with Gasteiger partial charge in [-0.3, -0.25) is 9.59 Å². The Kier molecular flexibility index (Phi) is 8.40. The number of nitrogens with one attached hydrogen (secondary N) is 3. The van der Waals surface area contributed by atoms with Crippen LogP contribution in [0.4, 0.5) is 0 Å². The Bertz CT molecular complexity index is 1020. The van der Waals surface area contributed by atoms with Crippen molar-refractivity contribution in [3.8, 4) is 11.5 Å². The van der Waals surface area contributed by atoms with Crippen molar-refractivity contribution in [2.24, 2.45) is 0 Å². The predicted octanol–water partition coefficient (Wildman–Crippen LogP) is 3.20. The molecule has 1 heterocycles. The maximum atomic E-state index is 12.7. The van der Waals surface area contributed by atoms with Crippen LogP contribution in [-0.4, -0.2) is 43.4 Å². The van der Waals surface area contributed by atoms with Crippen molar-refractivity contribution in [2.45, 2.75) is 26.2 Å². The van der Waals surface area contributed by atoms with Crippen molar-refractivity contribution in [1.82, 2.24) is 20.6 Å². The van der Waals surface area contributed by atoms with E-state index in [1.54, 1.807) is 51.9 Å². The number of aromatic nitrogens is 2. The number of H-pyrrole nitrogens is 1. The molecule has 8 nitrogen and oxygen atoms in total. The summed E-state index contributed by atoms with van der Waals surface area (Å²) in [6.07, 6.45) is 8.84. The zero-order valence-corrected chi connectivity index (χ0v) is 19.3. The van der Waals surface area contributed by atoms with Crippen LogP contribution in [0.5, 0.6) is 11.5 Å². The molecule has 0 atom stereocenters. The number of carbonyl (C=O) groups is 2. The van der Waals surface area contributed by atoms with E-state index in [0.29, 0.717) is 23.5 Å². The molecule has 8 heteroatoms. The number of allylic oxidation sites excluding steroid dienone is 3. The van der Waals surface area contributed by atoms with Gasteiger partial charge in [0.2, 0.25) is 0 Å². The van der Waals surface area contributed by atoms with E-state index in [-0.39, 0.29) is 16.8 Å². The average molecular weight is 439 g/mol. The highest BCUT2D eigenvalue weighted by Gasteiger charge is 2.20. The Balaban J connectivity index is 2.20. The molecule has 2 rings (SSSR count). The number of rotatable bonds is 9. The van der Waals surface area contributed by atoms with Gasteiger partial charge in [0.05, 0.1) is 37.6 Å². The summed E-state index contributed by atoms with van der Waals surface area (Å²) < 4.78 is 10.5. The fourth-order valence-electron chi connectivity index (χ4n) is 2.91. The molecular formula is C24H30N4O4. The number of amides is 1. The van der Waals surface area contributed by atoms with E-state index >= 15 is 0 Å². The first-order valence-electron chi connectivity index (χ1n) is 10.0. The molecule has 170 valence electrons. The van der Waals surface area contributed by atoms with E-state index in [2.05, 4.69) is 20.6 Å². The summed E-state index contributed by atoms with van der Waals surface area (Å²) >= 11 is 0. The minimum absolute atomic E-state index is 0.107. The summed E-state index contributed by atoms with van der Waals surface area (Å²) in [4.78, 5) is 31.6. The lowest BCUT2D eigenvalue weighted by molar-refractivity contribution is -0.118. The van der Waals surface area contributed by atoms with Crippen molar-refractivity contribution >= 4 is 24.3 Å². The Labute approximate surface area is 188 Å². The van der Waals surface area contributed by atoms with Crippen LogP contribution in [0, 0.1) is 0 Å². The number of hydrogen-bond donors (Lipinski definition) is 3. The zero-order chi connectivity index (χ0) is 23.7. The fourth-order valence-corrected chi connectivity index (χ4v) is 2.91. The molecule has 3 N–H and O–H groups in total. The van der Waals surface area contributed by atoms with Gasteiger partial charge in [0.25, 0.3) is 5.91 Å². The molecule has 0 saturated heterocycles. The van der Waals surface area contributed by atoms with Gasteiger partial charge in [0.1, 0.15) is 11.5 Å². The first-order valence-corrected chi connectivity index (χ1v) is 10.0. The Morgan fingerprint density at radius 3 is 2.31 bits per heavy atom. The van der Waals surface area contributed by atoms with Crippen molar-refractivity contribution < 1.29 is 19.1 Å². The van der Waals surface area contributed by atoms with Crippen LogP contribution in [0.3, 0.4) is 0 Å². The summed E-state index contributed by atoms with van der Waals surface area (Å²) in [5.41, 5.74) is 2.50. The lowest BCUT2D eigenvalue weighted by Gasteiger charge is -2.17. The first kappa shape index (κ1) is 24.5. The topological polar surface area (TPSA) is 105 Å². The number of carbonyl (C=O) groups excluding carboxylic acids is 2. The van der Waals surface area contributed by atoms with E-state index < -0.39 is 5.91 Å². The Morgan fingerprint density at radius 1 is 1.12 bits per heavy atom. The lowest BCUT2D eigenvalue weighted by Crippen LogP contribution is -2.30. The van der Waals surface area contributed by atoms with Crippen molar-refractivity contribution in [2.75, 3.05) is 21.3 Å². The smallest absolute Gasteiger partial charge is 0.271 e. The molecule has 0 spiro atoms. The third-order valence-electron chi connectivity index (χ3n) is 4.54. The monoisotopic (exact) mass is 438 g/mol. The third kappa shape index (κ3) is 6.60. The number of methoxy groups -OCH3 is 2. The van der Waals surface area contributed by atoms with E-state index in [1.807, 2.05) is 39.0 Å². The molecule has 0 aliphatic rings. The normalized spacial score (nSPS) is 12.6. The number of nitrogens with zero attached hydrogens (tertiary/aromatic N) is 1. The van der Waals surface area contributed by atoms with Crippen LogP contribution in [0.25, 0.3) is 12.2 Å². The molecule has 0 fully saturated rings. The van der Waals surface area contributed by atoms with Gasteiger partial charge in [-0.1, -0.05) is 32.9 Å². The summed E-state index contributed by atoms with van der Waals surface area (Å²) in [6, 6.07) is 5.46. The number of aromatic amines is 1. The highest BCUT2D eigenvalue weighted by Crippen LogP contribution is 2.24. The number of imidazole rings is 1. The molecule has 0 radical (unpaired) electrons. The van der Waals surface area contributed by atoms with E-state index in [9.17, 15) is 9.59 Å². The highest BCUT2D eigenvalue weighted by atomic mass is 16.5. The van der Waals surface area contributed by atoms with Gasteiger partial charge in [0.15, 0.2) is 6.29 Å². The molecule has 1 aromatic carbocycles. The molecular weight excluding hydrogens is 408 g/mol. The van der Waals surface area contributed by atoms with Crippen LogP contribution in [0.15, 0.2) is 48.1 Å². The minimum atomic E-state index is -0.452. The van der Waals surface area contributed by atoms with Crippen molar-refractivity contribution in [1.29, 1.82) is 0 Å². The van der Waals surface area contributed by atoms with Gasteiger partial charge < -0.3 is 25.1 Å². The third-order valence-corrected chi connectivity index (χ3v) is 4.54. The SMILES string of the molecule is CN/C(=C\C=C\c1cc(OC)cc(OC)c1)C(=O)N/C(C=O)=C\c1nc[nH]c1C(C)(C)C. The van der Waals surface area contributed by atoms with Crippen LogP contribution in [0.2, 0.25) is 0 Å². The molecule has 0 unspecified atom stereocenters. The number of aldehydes is 1. The van der Waals surface area contributed by atoms with Crippen LogP contribution in [0.1, 0.15) is 37.7 Å². The average Bonchev–Trinajstić information content (AvgIpc) is 3.24. The van der Waals surface area contributed by atoms with Crippen LogP contribution < -0.4 is 20.1 Å². The van der Waals surface area contributed by atoms with Gasteiger partial charge >= 0.3 is 0 Å². The van der Waals surface area contributed by atoms with Crippen LogP contribution in [-0.2, 0) is 15.0 Å². The molecule has 0 bridgehead atoms. The summed E-state index contributed by atoms with van der Waals surface area (Å²) in [6.45, 7) is 6.09. The van der Waals surface area contributed by atoms with Gasteiger partial charge in [-0.2, -0.15) is 0 Å². The second-order valence-electron chi connectivity index (χ2n) is 7.92. The predicted molar refractivity (Wildman–Crippen MR) is 125 cm³/mol. The van der Waals surface area contributed by atoms with E-state index in [4.69, 9.17) is 9.47 Å². The second kappa shape index (κ2) is 11.0. The first-order chi connectivity index (χ1) is 15.2. The van der Waals surface area contributed by atoms with Gasteiger partial charge in [-0.15, -0.1) is 0 Å². The molecule has 0 aliphatic heterocycles. The zero-order valence-electron chi connectivity index (χ0n) is 19.3. The second-order valence-corrected chi connectivity index (χ2v) is 7.92. The molecule has 1 aromatic heterocycles. The highest BCUT2D eigenvalue weighted by molar-refractivity contribution is 5.99. The molecule has 2 aromatic rings.